The molecule has 26 heavy (non-hydrogen) atoms. The summed E-state index contributed by atoms with van der Waals surface area (Å²) >= 11 is 0. The van der Waals surface area contributed by atoms with Crippen LogP contribution in [0.3, 0.4) is 0 Å². The number of likely N-dealkylation sites (tertiary alicyclic amines) is 1. The summed E-state index contributed by atoms with van der Waals surface area (Å²) in [5.41, 5.74) is -0.167. The van der Waals surface area contributed by atoms with E-state index < -0.39 is 21.7 Å². The molecule has 2 saturated heterocycles. The van der Waals surface area contributed by atoms with Crippen molar-refractivity contribution in [2.45, 2.75) is 37.0 Å². The van der Waals surface area contributed by atoms with Crippen LogP contribution >= 0.6 is 0 Å². The third kappa shape index (κ3) is 4.24. The Morgan fingerprint density at radius 3 is 2.23 bits per heavy atom. The molecule has 0 spiro atoms. The van der Waals surface area contributed by atoms with Crippen LogP contribution in [0.4, 0.5) is 4.39 Å². The normalized spacial score (nSPS) is 20.4. The first kappa shape index (κ1) is 19.3. The van der Waals surface area contributed by atoms with Gasteiger partial charge in [-0.3, -0.25) is 4.79 Å². The van der Waals surface area contributed by atoms with Crippen LogP contribution in [0.1, 0.15) is 42.5 Å². The number of halogens is 1. The van der Waals surface area contributed by atoms with Gasteiger partial charge in [-0.2, -0.15) is 4.31 Å². The van der Waals surface area contributed by atoms with E-state index in [4.69, 9.17) is 4.74 Å². The molecule has 1 amide bonds. The number of sulfonamides is 1. The Balaban J connectivity index is 1.85. The van der Waals surface area contributed by atoms with Gasteiger partial charge in [0.25, 0.3) is 5.91 Å². The van der Waals surface area contributed by atoms with Crippen molar-refractivity contribution < 1.29 is 22.3 Å². The molecular formula is C18H25FN2O4S. The van der Waals surface area contributed by atoms with Crippen LogP contribution in [0.2, 0.25) is 0 Å². The van der Waals surface area contributed by atoms with Gasteiger partial charge in [0.2, 0.25) is 10.0 Å². The molecule has 1 aromatic carbocycles. The van der Waals surface area contributed by atoms with Crippen molar-refractivity contribution in [2.24, 2.45) is 0 Å². The summed E-state index contributed by atoms with van der Waals surface area (Å²) in [6, 6.07) is 3.48. The number of carbonyl (C=O) groups excluding carboxylic acids is 1. The second-order valence-corrected chi connectivity index (χ2v) is 8.66. The van der Waals surface area contributed by atoms with Crippen LogP contribution < -0.4 is 0 Å². The van der Waals surface area contributed by atoms with Crippen LogP contribution in [-0.4, -0.2) is 62.9 Å². The van der Waals surface area contributed by atoms with E-state index in [9.17, 15) is 17.6 Å². The predicted molar refractivity (Wildman–Crippen MR) is 95.0 cm³/mol. The zero-order chi connectivity index (χ0) is 18.6. The van der Waals surface area contributed by atoms with E-state index >= 15 is 0 Å². The van der Waals surface area contributed by atoms with Crippen molar-refractivity contribution in [2.75, 3.05) is 39.4 Å². The summed E-state index contributed by atoms with van der Waals surface area (Å²) in [5, 5.41) is 0. The Labute approximate surface area is 154 Å². The van der Waals surface area contributed by atoms with E-state index in [1.54, 1.807) is 4.90 Å². The lowest BCUT2D eigenvalue weighted by atomic mass is 10.1. The molecule has 6 nitrogen and oxygen atoms in total. The van der Waals surface area contributed by atoms with Crippen LogP contribution in [0.5, 0.6) is 0 Å². The lowest BCUT2D eigenvalue weighted by molar-refractivity contribution is 0.0727. The number of benzene rings is 1. The molecule has 2 aliphatic rings. The number of hydrogen-bond donors (Lipinski definition) is 0. The standard InChI is InChI=1S/C18H25FN2O4S/c19-17-7-6-15(26(23,24)21-10-12-25-13-11-21)14-16(17)18(22)20-8-4-2-1-3-5-9-20/h6-7,14H,1-5,8-13H2. The van der Waals surface area contributed by atoms with Gasteiger partial charge in [0.1, 0.15) is 5.82 Å². The molecule has 3 rings (SSSR count). The van der Waals surface area contributed by atoms with Crippen LogP contribution in [0.15, 0.2) is 23.1 Å². The molecule has 0 bridgehead atoms. The Morgan fingerprint density at radius 2 is 1.58 bits per heavy atom. The molecule has 2 heterocycles. The van der Waals surface area contributed by atoms with E-state index in [0.717, 1.165) is 38.2 Å². The van der Waals surface area contributed by atoms with Gasteiger partial charge in [0.15, 0.2) is 0 Å². The summed E-state index contributed by atoms with van der Waals surface area (Å²) in [6.45, 7) is 2.35. The first-order valence-corrected chi connectivity index (χ1v) is 10.6. The van der Waals surface area contributed by atoms with Crippen molar-refractivity contribution in [3.8, 4) is 0 Å². The third-order valence-electron chi connectivity index (χ3n) is 4.92. The average Bonchev–Trinajstić information content (AvgIpc) is 2.62. The van der Waals surface area contributed by atoms with E-state index in [1.807, 2.05) is 0 Å². The second kappa shape index (κ2) is 8.45. The van der Waals surface area contributed by atoms with Crippen molar-refractivity contribution in [3.63, 3.8) is 0 Å². The maximum Gasteiger partial charge on any atom is 0.256 e. The number of morpholine rings is 1. The van der Waals surface area contributed by atoms with Gasteiger partial charge >= 0.3 is 0 Å². The van der Waals surface area contributed by atoms with Crippen LogP contribution in [0, 0.1) is 5.82 Å². The topological polar surface area (TPSA) is 66.9 Å². The maximum atomic E-state index is 14.3. The van der Waals surface area contributed by atoms with E-state index in [0.29, 0.717) is 26.3 Å². The number of nitrogens with zero attached hydrogens (tertiary/aromatic N) is 2. The van der Waals surface area contributed by atoms with Crippen molar-refractivity contribution in [3.05, 3.63) is 29.6 Å². The van der Waals surface area contributed by atoms with E-state index in [1.165, 1.54) is 16.4 Å². The molecule has 0 atom stereocenters. The van der Waals surface area contributed by atoms with E-state index in [-0.39, 0.29) is 23.5 Å². The molecule has 0 radical (unpaired) electrons. The van der Waals surface area contributed by atoms with Crippen LogP contribution in [-0.2, 0) is 14.8 Å². The molecule has 0 saturated carbocycles. The summed E-state index contributed by atoms with van der Waals surface area (Å²) in [5.74, 6) is -1.11. The number of amides is 1. The Kier molecular flexibility index (Phi) is 6.26. The van der Waals surface area contributed by atoms with Gasteiger partial charge < -0.3 is 9.64 Å². The minimum Gasteiger partial charge on any atom is -0.379 e. The molecule has 0 aliphatic carbocycles. The highest BCUT2D eigenvalue weighted by molar-refractivity contribution is 7.89. The number of ether oxygens (including phenoxy) is 1. The molecule has 0 N–H and O–H groups in total. The predicted octanol–water partition coefficient (Wildman–Crippen LogP) is 2.25. The van der Waals surface area contributed by atoms with Gasteiger partial charge in [0, 0.05) is 26.2 Å². The third-order valence-corrected chi connectivity index (χ3v) is 6.81. The fourth-order valence-corrected chi connectivity index (χ4v) is 4.82. The zero-order valence-corrected chi connectivity index (χ0v) is 15.6. The van der Waals surface area contributed by atoms with E-state index in [2.05, 4.69) is 0 Å². The fraction of sp³-hybridized carbons (Fsp3) is 0.611. The maximum absolute atomic E-state index is 14.3. The molecular weight excluding hydrogens is 359 g/mol. The highest BCUT2D eigenvalue weighted by atomic mass is 32.2. The van der Waals surface area contributed by atoms with Crippen molar-refractivity contribution >= 4 is 15.9 Å². The smallest absolute Gasteiger partial charge is 0.256 e. The number of carbonyl (C=O) groups is 1. The highest BCUT2D eigenvalue weighted by Gasteiger charge is 2.29. The summed E-state index contributed by atoms with van der Waals surface area (Å²) in [6.07, 6.45) is 5.04. The monoisotopic (exact) mass is 384 g/mol. The highest BCUT2D eigenvalue weighted by Crippen LogP contribution is 2.22. The Bertz CT molecular complexity index is 740. The minimum atomic E-state index is -3.76. The van der Waals surface area contributed by atoms with Gasteiger partial charge in [-0.1, -0.05) is 19.3 Å². The van der Waals surface area contributed by atoms with Gasteiger partial charge in [-0.15, -0.1) is 0 Å². The lowest BCUT2D eigenvalue weighted by Gasteiger charge is -2.27. The first-order chi connectivity index (χ1) is 12.5. The van der Waals surface area contributed by atoms with Crippen LogP contribution in [0.25, 0.3) is 0 Å². The average molecular weight is 384 g/mol. The zero-order valence-electron chi connectivity index (χ0n) is 14.8. The van der Waals surface area contributed by atoms with Crippen molar-refractivity contribution in [1.82, 2.24) is 9.21 Å². The molecule has 0 aromatic heterocycles. The minimum absolute atomic E-state index is 0.0452. The molecule has 1 aromatic rings. The molecule has 2 fully saturated rings. The SMILES string of the molecule is O=C(c1cc(S(=O)(=O)N2CCOCC2)ccc1F)N1CCCCCCC1. The molecule has 0 unspecified atom stereocenters. The summed E-state index contributed by atoms with van der Waals surface area (Å²) in [7, 11) is -3.76. The second-order valence-electron chi connectivity index (χ2n) is 6.72. The van der Waals surface area contributed by atoms with Crippen molar-refractivity contribution in [1.29, 1.82) is 0 Å². The summed E-state index contributed by atoms with van der Waals surface area (Å²) < 4.78 is 46.4. The molecule has 8 heteroatoms. The Morgan fingerprint density at radius 1 is 0.962 bits per heavy atom. The van der Waals surface area contributed by atoms with Gasteiger partial charge in [-0.05, 0) is 31.0 Å². The molecule has 2 aliphatic heterocycles. The largest absolute Gasteiger partial charge is 0.379 e. The lowest BCUT2D eigenvalue weighted by Crippen LogP contribution is -2.40. The first-order valence-electron chi connectivity index (χ1n) is 9.17. The fourth-order valence-electron chi connectivity index (χ4n) is 3.39. The number of hydrogen-bond acceptors (Lipinski definition) is 4. The van der Waals surface area contributed by atoms with Gasteiger partial charge in [0.05, 0.1) is 23.7 Å². The Hall–Kier alpha value is -1.51. The van der Waals surface area contributed by atoms with Gasteiger partial charge in [-0.25, -0.2) is 12.8 Å². The molecule has 144 valence electrons. The quantitative estimate of drug-likeness (QED) is 0.802. The number of rotatable bonds is 3. The summed E-state index contributed by atoms with van der Waals surface area (Å²) in [4.78, 5) is 14.4.